The second-order valence-corrected chi connectivity index (χ2v) is 9.39. The van der Waals surface area contributed by atoms with Gasteiger partial charge in [0.1, 0.15) is 0 Å². The maximum Gasteiger partial charge on any atom is 0.0895 e. The van der Waals surface area contributed by atoms with Crippen LogP contribution in [0.15, 0.2) is 42.5 Å². The van der Waals surface area contributed by atoms with Crippen LogP contribution in [0.4, 0.5) is 5.69 Å². The van der Waals surface area contributed by atoms with E-state index in [4.69, 9.17) is 16.3 Å². The van der Waals surface area contributed by atoms with E-state index in [1.54, 1.807) is 0 Å². The van der Waals surface area contributed by atoms with Gasteiger partial charge in [-0.1, -0.05) is 55.6 Å². The van der Waals surface area contributed by atoms with Gasteiger partial charge in [-0.3, -0.25) is 0 Å². The maximum absolute atomic E-state index is 6.38. The van der Waals surface area contributed by atoms with E-state index in [0.29, 0.717) is 11.8 Å². The van der Waals surface area contributed by atoms with E-state index in [0.717, 1.165) is 24.0 Å². The molecule has 1 saturated carbocycles. The lowest BCUT2D eigenvalue weighted by Crippen LogP contribution is -2.36. The number of nitrogens with one attached hydrogen (secondary N) is 1. The Bertz CT molecular complexity index is 844. The summed E-state index contributed by atoms with van der Waals surface area (Å²) in [4.78, 5) is 0. The highest BCUT2D eigenvalue weighted by atomic mass is 35.5. The third-order valence-electron chi connectivity index (χ3n) is 7.33. The lowest BCUT2D eigenvalue weighted by Gasteiger charge is -2.43. The van der Waals surface area contributed by atoms with Crippen molar-refractivity contribution in [3.05, 3.63) is 64.2 Å². The molecule has 2 fully saturated rings. The molecular formula is C25H30ClNO. The van der Waals surface area contributed by atoms with Crippen molar-refractivity contribution in [2.45, 2.75) is 63.5 Å². The zero-order chi connectivity index (χ0) is 19.1. The van der Waals surface area contributed by atoms with Crippen LogP contribution in [0.25, 0.3) is 0 Å². The Morgan fingerprint density at radius 2 is 1.89 bits per heavy atom. The van der Waals surface area contributed by atoms with Crippen molar-refractivity contribution in [2.24, 2.45) is 11.8 Å². The largest absolute Gasteiger partial charge is 0.378 e. The first kappa shape index (κ1) is 18.5. The molecule has 2 aromatic carbocycles. The molecule has 5 rings (SSSR count). The number of anilines is 1. The van der Waals surface area contributed by atoms with Crippen LogP contribution in [-0.4, -0.2) is 6.61 Å². The van der Waals surface area contributed by atoms with Gasteiger partial charge < -0.3 is 10.1 Å². The Morgan fingerprint density at radius 1 is 1.04 bits per heavy atom. The van der Waals surface area contributed by atoms with Gasteiger partial charge in [0.05, 0.1) is 12.1 Å². The zero-order valence-electron chi connectivity index (χ0n) is 16.7. The van der Waals surface area contributed by atoms with Gasteiger partial charge in [-0.05, 0) is 66.8 Å². The Labute approximate surface area is 173 Å². The van der Waals surface area contributed by atoms with Gasteiger partial charge in [0.25, 0.3) is 0 Å². The first-order chi connectivity index (χ1) is 13.7. The zero-order valence-corrected chi connectivity index (χ0v) is 17.4. The molecule has 2 nitrogen and oxygen atoms in total. The van der Waals surface area contributed by atoms with Crippen LogP contribution < -0.4 is 5.32 Å². The predicted molar refractivity (Wildman–Crippen MR) is 116 cm³/mol. The van der Waals surface area contributed by atoms with Gasteiger partial charge in [0, 0.05) is 28.8 Å². The number of hydrogen-bond acceptors (Lipinski definition) is 2. The van der Waals surface area contributed by atoms with E-state index in [1.807, 2.05) is 6.07 Å². The molecule has 0 aromatic heterocycles. The fourth-order valence-electron chi connectivity index (χ4n) is 5.73. The van der Waals surface area contributed by atoms with Crippen molar-refractivity contribution < 1.29 is 4.74 Å². The van der Waals surface area contributed by atoms with Gasteiger partial charge in [-0.2, -0.15) is 0 Å². The highest BCUT2D eigenvalue weighted by molar-refractivity contribution is 6.30. The average molecular weight is 396 g/mol. The molecular weight excluding hydrogens is 366 g/mol. The molecule has 2 aromatic rings. The molecule has 2 aliphatic heterocycles. The van der Waals surface area contributed by atoms with Crippen LogP contribution in [0.5, 0.6) is 0 Å². The number of rotatable bonds is 3. The molecule has 3 aliphatic rings. The quantitative estimate of drug-likeness (QED) is 0.590. The van der Waals surface area contributed by atoms with E-state index in [2.05, 4.69) is 48.6 Å². The van der Waals surface area contributed by atoms with E-state index in [9.17, 15) is 0 Å². The molecule has 1 N–H and O–H groups in total. The minimum absolute atomic E-state index is 0.185. The van der Waals surface area contributed by atoms with Gasteiger partial charge in [-0.15, -0.1) is 0 Å². The number of benzene rings is 2. The van der Waals surface area contributed by atoms with Crippen molar-refractivity contribution in [3.63, 3.8) is 0 Å². The number of fused-ring (bicyclic) bond motifs is 3. The molecule has 28 heavy (non-hydrogen) atoms. The molecule has 0 spiro atoms. The van der Waals surface area contributed by atoms with Gasteiger partial charge >= 0.3 is 0 Å². The first-order valence-electron chi connectivity index (χ1n) is 11.0. The van der Waals surface area contributed by atoms with E-state index in [1.165, 1.54) is 54.5 Å². The van der Waals surface area contributed by atoms with Crippen LogP contribution in [-0.2, 0) is 4.74 Å². The molecule has 0 amide bonds. The molecule has 2 heterocycles. The van der Waals surface area contributed by atoms with E-state index in [-0.39, 0.29) is 12.1 Å². The fraction of sp³-hybridized carbons (Fsp3) is 0.520. The van der Waals surface area contributed by atoms with Crippen molar-refractivity contribution in [1.29, 1.82) is 0 Å². The summed E-state index contributed by atoms with van der Waals surface area (Å²) in [5, 5.41) is 4.64. The molecule has 0 bridgehead atoms. The van der Waals surface area contributed by atoms with E-state index < -0.39 is 0 Å². The third-order valence-corrected chi connectivity index (χ3v) is 7.56. The topological polar surface area (TPSA) is 21.3 Å². The fourth-order valence-corrected chi connectivity index (χ4v) is 5.93. The molecule has 4 atom stereocenters. The summed E-state index contributed by atoms with van der Waals surface area (Å²) in [5.74, 6) is 1.94. The second kappa shape index (κ2) is 7.72. The van der Waals surface area contributed by atoms with Crippen LogP contribution in [0.3, 0.4) is 0 Å². The smallest absolute Gasteiger partial charge is 0.0895 e. The summed E-state index contributed by atoms with van der Waals surface area (Å²) in [6, 6.07) is 15.6. The van der Waals surface area contributed by atoms with Crippen LogP contribution in [0.2, 0.25) is 5.02 Å². The molecule has 0 radical (unpaired) electrons. The Kier molecular flexibility index (Phi) is 5.11. The lowest BCUT2D eigenvalue weighted by atomic mass is 9.76. The number of halogens is 1. The molecule has 3 heteroatoms. The monoisotopic (exact) mass is 395 g/mol. The Hall–Kier alpha value is -1.51. The maximum atomic E-state index is 6.38. The van der Waals surface area contributed by atoms with Crippen LogP contribution in [0, 0.1) is 11.8 Å². The highest BCUT2D eigenvalue weighted by Crippen LogP contribution is 2.50. The summed E-state index contributed by atoms with van der Waals surface area (Å²) in [6.07, 6.45) is 8.08. The van der Waals surface area contributed by atoms with Crippen LogP contribution in [0.1, 0.15) is 80.2 Å². The normalized spacial score (nSPS) is 28.3. The second-order valence-electron chi connectivity index (χ2n) is 8.95. The number of ether oxygens (including phenoxy) is 1. The minimum Gasteiger partial charge on any atom is -0.378 e. The van der Waals surface area contributed by atoms with Gasteiger partial charge in [0.15, 0.2) is 0 Å². The first-order valence-corrected chi connectivity index (χ1v) is 11.4. The summed E-state index contributed by atoms with van der Waals surface area (Å²) >= 11 is 6.30. The Balaban J connectivity index is 1.50. The summed E-state index contributed by atoms with van der Waals surface area (Å²) in [7, 11) is 0. The SMILES string of the molecule is CC(c1ccc2c(c1)C1OCCCC1C(c1cccc(Cl)c1)N2)C1CCCC1. The lowest BCUT2D eigenvalue weighted by molar-refractivity contribution is -0.0381. The molecule has 4 unspecified atom stereocenters. The van der Waals surface area contributed by atoms with Crippen molar-refractivity contribution in [2.75, 3.05) is 11.9 Å². The minimum atomic E-state index is 0.185. The standard InChI is InChI=1S/C25H30ClNO/c1-16(17-6-2-3-7-17)18-11-12-23-22(15-18)25-21(10-5-13-28-25)24(27-23)19-8-4-9-20(26)14-19/h4,8-9,11-12,14-17,21,24-25,27H,2-3,5-7,10,13H2,1H3. The number of hydrogen-bond donors (Lipinski definition) is 1. The van der Waals surface area contributed by atoms with E-state index >= 15 is 0 Å². The average Bonchev–Trinajstić information content (AvgIpc) is 3.27. The summed E-state index contributed by atoms with van der Waals surface area (Å²) < 4.78 is 6.38. The van der Waals surface area contributed by atoms with Crippen molar-refractivity contribution in [1.82, 2.24) is 0 Å². The van der Waals surface area contributed by atoms with Crippen molar-refractivity contribution in [3.8, 4) is 0 Å². The third kappa shape index (κ3) is 3.35. The summed E-state index contributed by atoms with van der Waals surface area (Å²) in [5.41, 5.74) is 5.35. The highest BCUT2D eigenvalue weighted by Gasteiger charge is 2.40. The summed E-state index contributed by atoms with van der Waals surface area (Å²) in [6.45, 7) is 3.28. The molecule has 1 aliphatic carbocycles. The predicted octanol–water partition coefficient (Wildman–Crippen LogP) is 7.27. The molecule has 148 valence electrons. The van der Waals surface area contributed by atoms with Crippen LogP contribution >= 0.6 is 11.6 Å². The molecule has 1 saturated heterocycles. The van der Waals surface area contributed by atoms with Crippen molar-refractivity contribution >= 4 is 17.3 Å². The van der Waals surface area contributed by atoms with Gasteiger partial charge in [0.2, 0.25) is 0 Å². The van der Waals surface area contributed by atoms with Gasteiger partial charge in [-0.25, -0.2) is 0 Å². The Morgan fingerprint density at radius 3 is 2.71 bits per heavy atom.